The summed E-state index contributed by atoms with van der Waals surface area (Å²) in [4.78, 5) is 46.1. The quantitative estimate of drug-likeness (QED) is 0.256. The van der Waals surface area contributed by atoms with Crippen LogP contribution in [0, 0.1) is 16.0 Å². The predicted molar refractivity (Wildman–Crippen MR) is 80.4 cm³/mol. The van der Waals surface area contributed by atoms with E-state index in [1.807, 2.05) is 0 Å². The van der Waals surface area contributed by atoms with E-state index in [1.54, 1.807) is 6.08 Å². The number of amides is 1. The number of non-ortho nitro benzene ring substituents is 1. The Morgan fingerprint density at radius 3 is 2.71 bits per heavy atom. The Hall–Kier alpha value is -3.03. The lowest BCUT2D eigenvalue weighted by Gasteiger charge is -2.42. The molecule has 0 radical (unpaired) electrons. The molecule has 124 valence electrons. The zero-order chi connectivity index (χ0) is 17.3. The van der Waals surface area contributed by atoms with E-state index in [0.29, 0.717) is 18.3 Å². The minimum Gasteiger partial charge on any atom is -0.456 e. The maximum Gasteiger partial charge on any atom is 0.355 e. The molecule has 1 fully saturated rings. The molecule has 8 nitrogen and oxygen atoms in total. The standard InChI is InChI=1S/C16H14N2O6/c19-8-7-12-13-5-6-14(17(13)15(12)20)16(21)24-9-10-1-3-11(4-2-10)18(22)23/h1-4,6,8,12-13H,5,7,9H2. The average molecular weight is 330 g/mol. The van der Waals surface area contributed by atoms with Gasteiger partial charge in [-0.1, -0.05) is 6.08 Å². The maximum atomic E-state index is 12.1. The number of nitro benzene ring substituents is 1. The van der Waals surface area contributed by atoms with E-state index in [0.717, 1.165) is 0 Å². The Balaban J connectivity index is 1.57. The molecule has 0 aliphatic carbocycles. The number of esters is 1. The van der Waals surface area contributed by atoms with Crippen LogP contribution in [-0.2, 0) is 25.7 Å². The molecule has 0 N–H and O–H groups in total. The highest BCUT2D eigenvalue weighted by Gasteiger charge is 2.52. The molecule has 0 aromatic heterocycles. The number of β-lactam (4-membered cyclic amide) rings is 1. The Morgan fingerprint density at radius 2 is 2.08 bits per heavy atom. The minimum atomic E-state index is -0.617. The summed E-state index contributed by atoms with van der Waals surface area (Å²) >= 11 is 0. The van der Waals surface area contributed by atoms with Crippen LogP contribution in [0.3, 0.4) is 0 Å². The fourth-order valence-electron chi connectivity index (χ4n) is 2.98. The highest BCUT2D eigenvalue weighted by atomic mass is 16.6. The number of ether oxygens (including phenoxy) is 1. The van der Waals surface area contributed by atoms with E-state index >= 15 is 0 Å². The van der Waals surface area contributed by atoms with Crippen molar-refractivity contribution in [3.05, 3.63) is 51.7 Å². The Morgan fingerprint density at radius 1 is 1.38 bits per heavy atom. The number of carbonyl (C=O) groups excluding carboxylic acids is 3. The Bertz CT molecular complexity index is 739. The van der Waals surface area contributed by atoms with Crippen molar-refractivity contribution in [2.45, 2.75) is 25.5 Å². The fraction of sp³-hybridized carbons (Fsp3) is 0.312. The molecule has 1 aromatic carbocycles. The first-order chi connectivity index (χ1) is 11.5. The van der Waals surface area contributed by atoms with Crippen LogP contribution >= 0.6 is 0 Å². The number of hydrogen-bond acceptors (Lipinski definition) is 6. The minimum absolute atomic E-state index is 0.0428. The molecular formula is C16H14N2O6. The van der Waals surface area contributed by atoms with Gasteiger partial charge in [-0.3, -0.25) is 14.9 Å². The molecule has 8 heteroatoms. The molecular weight excluding hydrogens is 316 g/mol. The summed E-state index contributed by atoms with van der Waals surface area (Å²) < 4.78 is 5.17. The van der Waals surface area contributed by atoms with Gasteiger partial charge in [0.2, 0.25) is 5.91 Å². The highest BCUT2D eigenvalue weighted by molar-refractivity contribution is 6.00. The molecule has 2 unspecified atom stereocenters. The number of hydrogen-bond donors (Lipinski definition) is 0. The van der Waals surface area contributed by atoms with Crippen molar-refractivity contribution in [2.75, 3.05) is 0 Å². The molecule has 1 amide bonds. The molecule has 2 aliphatic rings. The molecule has 0 bridgehead atoms. The van der Waals surface area contributed by atoms with Gasteiger partial charge in [0.25, 0.3) is 5.69 Å². The van der Waals surface area contributed by atoms with Gasteiger partial charge < -0.3 is 14.4 Å². The number of benzene rings is 1. The Labute approximate surface area is 136 Å². The van der Waals surface area contributed by atoms with Crippen LogP contribution in [0.1, 0.15) is 18.4 Å². The zero-order valence-corrected chi connectivity index (χ0v) is 12.6. The van der Waals surface area contributed by atoms with Gasteiger partial charge in [0, 0.05) is 18.6 Å². The Kier molecular flexibility index (Phi) is 4.11. The van der Waals surface area contributed by atoms with Crippen LogP contribution in [0.5, 0.6) is 0 Å². The first-order valence-electron chi connectivity index (χ1n) is 7.40. The SMILES string of the molecule is O=CCC1C(=O)N2C(C(=O)OCc3ccc([N+](=O)[O-])cc3)=CCC12. The van der Waals surface area contributed by atoms with E-state index < -0.39 is 10.9 Å². The third kappa shape index (κ3) is 2.66. The van der Waals surface area contributed by atoms with Gasteiger partial charge in [-0.25, -0.2) is 4.79 Å². The average Bonchev–Trinajstić information content (AvgIpc) is 2.98. The van der Waals surface area contributed by atoms with Crippen molar-refractivity contribution < 1.29 is 24.0 Å². The largest absolute Gasteiger partial charge is 0.456 e. The second kappa shape index (κ2) is 6.23. The maximum absolute atomic E-state index is 12.1. The monoisotopic (exact) mass is 330 g/mol. The summed E-state index contributed by atoms with van der Waals surface area (Å²) in [6.07, 6.45) is 3.06. The summed E-state index contributed by atoms with van der Waals surface area (Å²) in [5.74, 6) is -1.20. The van der Waals surface area contributed by atoms with Crippen molar-refractivity contribution >= 4 is 23.9 Å². The third-order valence-electron chi connectivity index (χ3n) is 4.24. The van der Waals surface area contributed by atoms with E-state index in [2.05, 4.69) is 0 Å². The van der Waals surface area contributed by atoms with Gasteiger partial charge in [0.1, 0.15) is 18.6 Å². The number of nitrogens with zero attached hydrogens (tertiary/aromatic N) is 2. The molecule has 2 atom stereocenters. The third-order valence-corrected chi connectivity index (χ3v) is 4.24. The normalized spacial score (nSPS) is 21.6. The summed E-state index contributed by atoms with van der Waals surface area (Å²) in [6, 6.07) is 5.54. The first kappa shape index (κ1) is 15.9. The van der Waals surface area contributed by atoms with Crippen molar-refractivity contribution in [1.82, 2.24) is 4.90 Å². The second-order valence-electron chi connectivity index (χ2n) is 5.61. The van der Waals surface area contributed by atoms with E-state index in [4.69, 9.17) is 4.74 Å². The molecule has 2 heterocycles. The number of aldehydes is 1. The summed E-state index contributed by atoms with van der Waals surface area (Å²) in [6.45, 7) is -0.0430. The highest BCUT2D eigenvalue weighted by Crippen LogP contribution is 2.40. The summed E-state index contributed by atoms with van der Waals surface area (Å²) in [7, 11) is 0. The van der Waals surface area contributed by atoms with E-state index in [9.17, 15) is 24.5 Å². The van der Waals surface area contributed by atoms with Crippen LogP contribution in [0.2, 0.25) is 0 Å². The number of rotatable bonds is 6. The zero-order valence-electron chi connectivity index (χ0n) is 12.6. The molecule has 3 rings (SSSR count). The fourth-order valence-corrected chi connectivity index (χ4v) is 2.98. The number of carbonyl (C=O) groups is 3. The van der Waals surface area contributed by atoms with Crippen LogP contribution in [0.25, 0.3) is 0 Å². The van der Waals surface area contributed by atoms with E-state index in [-0.39, 0.29) is 42.3 Å². The van der Waals surface area contributed by atoms with Gasteiger partial charge in [0.05, 0.1) is 16.9 Å². The van der Waals surface area contributed by atoms with Crippen LogP contribution < -0.4 is 0 Å². The van der Waals surface area contributed by atoms with Crippen LogP contribution in [-0.4, -0.2) is 34.0 Å². The first-order valence-corrected chi connectivity index (χ1v) is 7.40. The molecule has 24 heavy (non-hydrogen) atoms. The molecule has 0 spiro atoms. The predicted octanol–water partition coefficient (Wildman–Crippen LogP) is 1.34. The smallest absolute Gasteiger partial charge is 0.355 e. The van der Waals surface area contributed by atoms with Gasteiger partial charge in [-0.05, 0) is 24.1 Å². The summed E-state index contributed by atoms with van der Waals surface area (Å²) in [5, 5.41) is 10.6. The topological polar surface area (TPSA) is 107 Å². The molecule has 0 saturated carbocycles. The van der Waals surface area contributed by atoms with Gasteiger partial charge in [-0.2, -0.15) is 0 Å². The van der Waals surface area contributed by atoms with Gasteiger partial charge in [0.15, 0.2) is 0 Å². The second-order valence-corrected chi connectivity index (χ2v) is 5.61. The number of nitro groups is 1. The van der Waals surface area contributed by atoms with Crippen molar-refractivity contribution in [2.24, 2.45) is 5.92 Å². The summed E-state index contributed by atoms with van der Waals surface area (Å²) in [5.41, 5.74) is 0.769. The van der Waals surface area contributed by atoms with Crippen molar-refractivity contribution in [1.29, 1.82) is 0 Å². The van der Waals surface area contributed by atoms with Gasteiger partial charge >= 0.3 is 5.97 Å². The van der Waals surface area contributed by atoms with Crippen molar-refractivity contribution in [3.8, 4) is 0 Å². The number of fused-ring (bicyclic) bond motifs is 1. The van der Waals surface area contributed by atoms with Crippen LogP contribution in [0.15, 0.2) is 36.0 Å². The molecule has 2 aliphatic heterocycles. The van der Waals surface area contributed by atoms with E-state index in [1.165, 1.54) is 29.2 Å². The van der Waals surface area contributed by atoms with Crippen molar-refractivity contribution in [3.63, 3.8) is 0 Å². The van der Waals surface area contributed by atoms with Gasteiger partial charge in [-0.15, -0.1) is 0 Å². The lowest BCUT2D eigenvalue weighted by molar-refractivity contribution is -0.384. The lowest BCUT2D eigenvalue weighted by Crippen LogP contribution is -2.58. The molecule has 1 aromatic rings. The molecule has 1 saturated heterocycles. The lowest BCUT2D eigenvalue weighted by atomic mass is 9.85. The van der Waals surface area contributed by atoms with Crippen LogP contribution in [0.4, 0.5) is 5.69 Å².